The Labute approximate surface area is 248 Å². The summed E-state index contributed by atoms with van der Waals surface area (Å²) in [6.07, 6.45) is -4.61. The first-order valence-corrected chi connectivity index (χ1v) is 11.5. The summed E-state index contributed by atoms with van der Waals surface area (Å²) in [7, 11) is 2.72. The van der Waals surface area contributed by atoms with E-state index in [1.54, 1.807) is 30.3 Å². The summed E-state index contributed by atoms with van der Waals surface area (Å²) in [6, 6.07) is 15.7. The molecule has 220 valence electrons. The minimum Gasteiger partial charge on any atom is -0.498 e. The first-order chi connectivity index (χ1) is 19.5. The Kier molecular flexibility index (Phi) is 8.62. The molecule has 0 fully saturated rings. The second kappa shape index (κ2) is 11.8. The van der Waals surface area contributed by atoms with Crippen molar-refractivity contribution in [3.05, 3.63) is 90.5 Å². The van der Waals surface area contributed by atoms with Crippen molar-refractivity contribution >= 4 is 17.3 Å². The molecule has 0 saturated heterocycles. The van der Waals surface area contributed by atoms with Gasteiger partial charge in [-0.15, -0.1) is 12.1 Å². The largest absolute Gasteiger partial charge is 2.00 e. The van der Waals surface area contributed by atoms with E-state index in [1.165, 1.54) is 43.4 Å². The topological polar surface area (TPSA) is 83.1 Å². The van der Waals surface area contributed by atoms with E-state index in [0.717, 1.165) is 9.36 Å². The van der Waals surface area contributed by atoms with Crippen molar-refractivity contribution in [2.24, 2.45) is 0 Å². The van der Waals surface area contributed by atoms with Gasteiger partial charge in [-0.3, -0.25) is 25.1 Å². The molecule has 4 aromatic heterocycles. The van der Waals surface area contributed by atoms with E-state index in [9.17, 15) is 26.3 Å². The van der Waals surface area contributed by atoms with E-state index < -0.39 is 23.7 Å². The number of rotatable bonds is 7. The number of hydrogen-bond acceptors (Lipinski definition) is 7. The van der Waals surface area contributed by atoms with Crippen molar-refractivity contribution in [3.8, 4) is 23.1 Å². The average Bonchev–Trinajstić information content (AvgIpc) is 3.64. The smallest absolute Gasteiger partial charge is 0.498 e. The molecule has 0 spiro atoms. The molecule has 5 rings (SSSR count). The molecular formula is C26H17F6N7O2Pt. The number of halogens is 6. The molecule has 0 radical (unpaired) electrons. The first kappa shape index (κ1) is 30.6. The van der Waals surface area contributed by atoms with Crippen molar-refractivity contribution in [2.75, 3.05) is 19.1 Å². The second-order valence-electron chi connectivity index (χ2n) is 8.25. The van der Waals surface area contributed by atoms with Crippen LogP contribution < -0.4 is 14.4 Å². The fourth-order valence-electron chi connectivity index (χ4n) is 3.68. The van der Waals surface area contributed by atoms with E-state index in [2.05, 4.69) is 32.6 Å². The number of alkyl halides is 6. The van der Waals surface area contributed by atoms with Crippen LogP contribution in [0.25, 0.3) is 11.6 Å². The summed E-state index contributed by atoms with van der Waals surface area (Å²) >= 11 is 0. The van der Waals surface area contributed by atoms with Crippen LogP contribution in [0.5, 0.6) is 11.5 Å². The molecule has 4 heterocycles. The Balaban J connectivity index is 0.00000405. The number of ether oxygens (including phenoxy) is 2. The third-order valence-corrected chi connectivity index (χ3v) is 5.57. The van der Waals surface area contributed by atoms with Gasteiger partial charge in [-0.25, -0.2) is 0 Å². The number of methoxy groups -OCH3 is 2. The zero-order valence-electron chi connectivity index (χ0n) is 21.4. The Morgan fingerprint density at radius 2 is 1.12 bits per heavy atom. The standard InChI is InChI=1S/C26H17F6N7O2.Pt/c1-40-17-12-21(37-10-8-19(35-37)25(27,28)29)33-23(14-17)39(16-6-4-3-5-7-16)24-15-18(41-2)13-22(34-24)38-11-9-20(36-38)26(30,31)32;/h3-9,12-15H,1-2H3;/q-2;+2. The van der Waals surface area contributed by atoms with Crippen LogP contribution in [0.15, 0.2) is 66.7 Å². The number of pyridine rings is 2. The quantitative estimate of drug-likeness (QED) is 0.149. The number of aromatic nitrogens is 6. The fourth-order valence-corrected chi connectivity index (χ4v) is 3.68. The van der Waals surface area contributed by atoms with Crippen molar-refractivity contribution < 1.29 is 56.9 Å². The number of benzene rings is 1. The van der Waals surface area contributed by atoms with Crippen LogP contribution in [0.1, 0.15) is 11.4 Å². The van der Waals surface area contributed by atoms with Crippen LogP contribution in [0, 0.1) is 12.4 Å². The van der Waals surface area contributed by atoms with Crippen LogP contribution in [-0.2, 0) is 33.4 Å². The van der Waals surface area contributed by atoms with Gasteiger partial charge in [0.25, 0.3) is 0 Å². The average molecular weight is 769 g/mol. The summed E-state index contributed by atoms with van der Waals surface area (Å²) in [5.41, 5.74) is -1.85. The molecule has 1 aromatic carbocycles. The summed E-state index contributed by atoms with van der Waals surface area (Å²) in [5.74, 6) is 0.539. The van der Waals surface area contributed by atoms with Crippen molar-refractivity contribution in [1.29, 1.82) is 0 Å². The van der Waals surface area contributed by atoms with Gasteiger partial charge in [-0.2, -0.15) is 26.3 Å². The molecule has 16 heteroatoms. The van der Waals surface area contributed by atoms with Crippen LogP contribution in [-0.4, -0.2) is 43.7 Å². The maximum atomic E-state index is 13.2. The van der Waals surface area contributed by atoms with E-state index >= 15 is 0 Å². The van der Waals surface area contributed by atoms with E-state index in [0.29, 0.717) is 17.8 Å². The molecule has 0 atom stereocenters. The molecule has 0 unspecified atom stereocenters. The SMILES string of the molecule is COc1cc(N(c2ccccc2)c2cc(OC)cc(-n3[c-]cc(C(F)(F)F)n3)n2)nc(-n2[c-]cc(C(F)(F)F)n2)c1.[Pt+2]. The van der Waals surface area contributed by atoms with Crippen LogP contribution in [0.3, 0.4) is 0 Å². The van der Waals surface area contributed by atoms with Gasteiger partial charge in [0.05, 0.1) is 37.2 Å². The van der Waals surface area contributed by atoms with Gasteiger partial charge < -0.3 is 18.8 Å². The molecule has 5 aromatic rings. The number of hydrogen-bond donors (Lipinski definition) is 0. The van der Waals surface area contributed by atoms with Crippen LogP contribution in [0.4, 0.5) is 43.7 Å². The summed E-state index contributed by atoms with van der Waals surface area (Å²) in [6.45, 7) is 0. The van der Waals surface area contributed by atoms with Gasteiger partial charge >= 0.3 is 33.4 Å². The van der Waals surface area contributed by atoms with Gasteiger partial charge in [-0.1, -0.05) is 30.6 Å². The normalized spacial score (nSPS) is 11.6. The van der Waals surface area contributed by atoms with Gasteiger partial charge in [0.1, 0.15) is 23.1 Å². The van der Waals surface area contributed by atoms with Gasteiger partial charge in [0.15, 0.2) is 0 Å². The first-order valence-electron chi connectivity index (χ1n) is 11.5. The predicted octanol–water partition coefficient (Wildman–Crippen LogP) is 5.97. The summed E-state index contributed by atoms with van der Waals surface area (Å²) in [5, 5.41) is 7.07. The Morgan fingerprint density at radius 1 is 0.690 bits per heavy atom. The zero-order valence-corrected chi connectivity index (χ0v) is 23.7. The summed E-state index contributed by atoms with van der Waals surface area (Å²) < 4.78 is 91.5. The molecule has 9 nitrogen and oxygen atoms in total. The van der Waals surface area contributed by atoms with E-state index in [-0.39, 0.29) is 55.8 Å². The zero-order chi connectivity index (χ0) is 29.4. The third kappa shape index (κ3) is 6.40. The molecule has 0 saturated carbocycles. The second-order valence-corrected chi connectivity index (χ2v) is 8.25. The van der Waals surface area contributed by atoms with E-state index in [1.807, 2.05) is 0 Å². The van der Waals surface area contributed by atoms with Crippen LogP contribution >= 0.6 is 0 Å². The Bertz CT molecular complexity index is 1570. The number of nitrogens with zero attached hydrogens (tertiary/aromatic N) is 7. The molecule has 0 aliphatic heterocycles. The molecule has 0 bridgehead atoms. The number of anilines is 3. The van der Waals surface area contributed by atoms with E-state index in [4.69, 9.17) is 9.47 Å². The van der Waals surface area contributed by atoms with Crippen molar-refractivity contribution in [1.82, 2.24) is 29.5 Å². The maximum absolute atomic E-state index is 13.2. The maximum Gasteiger partial charge on any atom is 2.00 e. The van der Waals surface area contributed by atoms with Gasteiger partial charge in [0, 0.05) is 17.8 Å². The fraction of sp³-hybridized carbons (Fsp3) is 0.154. The van der Waals surface area contributed by atoms with Crippen molar-refractivity contribution in [2.45, 2.75) is 12.4 Å². The molecule has 0 aliphatic carbocycles. The molecule has 0 aliphatic rings. The van der Waals surface area contributed by atoms with Crippen LogP contribution in [0.2, 0.25) is 0 Å². The van der Waals surface area contributed by atoms with Gasteiger partial charge in [-0.05, 0) is 24.3 Å². The Hall–Kier alpha value is -4.39. The number of para-hydroxylation sites is 1. The Morgan fingerprint density at radius 3 is 1.48 bits per heavy atom. The monoisotopic (exact) mass is 768 g/mol. The predicted molar refractivity (Wildman–Crippen MR) is 132 cm³/mol. The molecule has 42 heavy (non-hydrogen) atoms. The van der Waals surface area contributed by atoms with Gasteiger partial charge in [0.2, 0.25) is 0 Å². The molecular weight excluding hydrogens is 751 g/mol. The minimum absolute atomic E-state index is 0. The minimum atomic E-state index is -4.70. The molecule has 0 N–H and O–H groups in total. The molecule has 0 amide bonds. The van der Waals surface area contributed by atoms with Crippen molar-refractivity contribution in [3.63, 3.8) is 0 Å². The summed E-state index contributed by atoms with van der Waals surface area (Å²) in [4.78, 5) is 10.5. The third-order valence-electron chi connectivity index (χ3n) is 5.57.